The number of anilines is 1. The third-order valence-corrected chi connectivity index (χ3v) is 6.80. The van der Waals surface area contributed by atoms with Crippen LogP contribution in [0.15, 0.2) is 76.4 Å². The second kappa shape index (κ2) is 9.27. The van der Waals surface area contributed by atoms with Crippen LogP contribution in [0, 0.1) is 12.7 Å². The van der Waals surface area contributed by atoms with E-state index in [1.807, 2.05) is 65.3 Å². The molecule has 0 saturated carbocycles. The Morgan fingerprint density at radius 3 is 2.61 bits per heavy atom. The van der Waals surface area contributed by atoms with Crippen LogP contribution in [0.1, 0.15) is 21.5 Å². The third-order valence-electron chi connectivity index (χ3n) is 5.90. The second-order valence-electron chi connectivity index (χ2n) is 8.12. The van der Waals surface area contributed by atoms with Crippen LogP contribution in [-0.2, 0) is 5.75 Å². The SMILES string of the molecule is Cc1cccc2oc(SCc3cccc(C(=O)N4CCN(c5ccccc5F)CC4)c3)nc12. The molecule has 5 nitrogen and oxygen atoms in total. The zero-order valence-corrected chi connectivity index (χ0v) is 19.1. The Morgan fingerprint density at radius 2 is 1.82 bits per heavy atom. The number of thioether (sulfide) groups is 1. The first-order valence-electron chi connectivity index (χ1n) is 10.9. The lowest BCUT2D eigenvalue weighted by Crippen LogP contribution is -2.49. The van der Waals surface area contributed by atoms with Crippen molar-refractivity contribution >= 4 is 34.5 Å². The maximum absolute atomic E-state index is 14.1. The number of para-hydroxylation sites is 2. The van der Waals surface area contributed by atoms with Gasteiger partial charge in [-0.25, -0.2) is 9.37 Å². The number of hydrogen-bond acceptors (Lipinski definition) is 5. The number of rotatable bonds is 5. The van der Waals surface area contributed by atoms with Crippen molar-refractivity contribution in [3.63, 3.8) is 0 Å². The van der Waals surface area contributed by atoms with Gasteiger partial charge in [-0.05, 0) is 48.4 Å². The maximum atomic E-state index is 14.1. The number of hydrogen-bond donors (Lipinski definition) is 0. The number of amides is 1. The van der Waals surface area contributed by atoms with Gasteiger partial charge in [0.15, 0.2) is 5.58 Å². The average molecular weight is 462 g/mol. The van der Waals surface area contributed by atoms with Crippen molar-refractivity contribution in [1.82, 2.24) is 9.88 Å². The van der Waals surface area contributed by atoms with Gasteiger partial charge in [0.25, 0.3) is 11.1 Å². The van der Waals surface area contributed by atoms with Crippen molar-refractivity contribution in [2.24, 2.45) is 0 Å². The van der Waals surface area contributed by atoms with E-state index in [4.69, 9.17) is 4.42 Å². The molecule has 0 spiro atoms. The third kappa shape index (κ3) is 4.59. The number of halogens is 1. The standard InChI is InChI=1S/C26H24FN3O2S/c1-18-6-4-11-23-24(18)28-26(32-23)33-17-19-7-5-8-20(16-19)25(31)30-14-12-29(13-15-30)22-10-3-2-9-21(22)27/h2-11,16H,12-15,17H2,1H3. The molecule has 1 amide bonds. The number of carbonyl (C=O) groups is 1. The van der Waals surface area contributed by atoms with Crippen LogP contribution in [0.4, 0.5) is 10.1 Å². The molecule has 1 aliphatic rings. The highest BCUT2D eigenvalue weighted by molar-refractivity contribution is 7.98. The van der Waals surface area contributed by atoms with Crippen LogP contribution >= 0.6 is 11.8 Å². The predicted molar refractivity (Wildman–Crippen MR) is 129 cm³/mol. The summed E-state index contributed by atoms with van der Waals surface area (Å²) in [7, 11) is 0. The van der Waals surface area contributed by atoms with Crippen molar-refractivity contribution in [2.45, 2.75) is 17.9 Å². The van der Waals surface area contributed by atoms with Gasteiger partial charge < -0.3 is 14.2 Å². The molecule has 0 unspecified atom stereocenters. The number of aryl methyl sites for hydroxylation is 1. The van der Waals surface area contributed by atoms with E-state index in [0.29, 0.717) is 48.4 Å². The van der Waals surface area contributed by atoms with Gasteiger partial charge in [0.2, 0.25) is 0 Å². The summed E-state index contributed by atoms with van der Waals surface area (Å²) in [6.45, 7) is 4.37. The Bertz CT molecular complexity index is 1300. The molecule has 0 radical (unpaired) electrons. The van der Waals surface area contributed by atoms with Gasteiger partial charge in [-0.15, -0.1) is 0 Å². The van der Waals surface area contributed by atoms with Crippen molar-refractivity contribution in [3.05, 3.63) is 89.2 Å². The van der Waals surface area contributed by atoms with Crippen molar-refractivity contribution in [1.29, 1.82) is 0 Å². The molecule has 168 valence electrons. The van der Waals surface area contributed by atoms with Crippen molar-refractivity contribution < 1.29 is 13.6 Å². The molecule has 1 fully saturated rings. The number of carbonyl (C=O) groups excluding carboxylic acids is 1. The van der Waals surface area contributed by atoms with Crippen LogP contribution in [0.3, 0.4) is 0 Å². The van der Waals surface area contributed by atoms with Crippen LogP contribution in [-0.4, -0.2) is 42.0 Å². The molecular formula is C26H24FN3O2S. The van der Waals surface area contributed by atoms with Gasteiger partial charge in [-0.1, -0.05) is 48.2 Å². The molecule has 5 rings (SSSR count). The molecule has 2 heterocycles. The number of aromatic nitrogens is 1. The van der Waals surface area contributed by atoms with E-state index in [1.165, 1.54) is 17.8 Å². The second-order valence-corrected chi connectivity index (χ2v) is 9.05. The summed E-state index contributed by atoms with van der Waals surface area (Å²) in [6, 6.07) is 20.4. The zero-order chi connectivity index (χ0) is 22.8. The summed E-state index contributed by atoms with van der Waals surface area (Å²) in [5.74, 6) is 0.442. The van der Waals surface area contributed by atoms with Crippen LogP contribution in [0.25, 0.3) is 11.1 Å². The first kappa shape index (κ1) is 21.5. The number of benzene rings is 3. The highest BCUT2D eigenvalue weighted by Crippen LogP contribution is 2.28. The molecule has 1 aromatic heterocycles. The molecule has 33 heavy (non-hydrogen) atoms. The summed E-state index contributed by atoms with van der Waals surface area (Å²) in [5.41, 5.74) is 5.06. The number of nitrogens with zero attached hydrogens (tertiary/aromatic N) is 3. The molecule has 0 bridgehead atoms. The van der Waals surface area contributed by atoms with E-state index in [2.05, 4.69) is 4.98 Å². The highest BCUT2D eigenvalue weighted by Gasteiger charge is 2.23. The molecule has 1 saturated heterocycles. The van der Waals surface area contributed by atoms with Gasteiger partial charge in [0, 0.05) is 37.5 Å². The maximum Gasteiger partial charge on any atom is 0.257 e. The normalized spacial score (nSPS) is 14.1. The lowest BCUT2D eigenvalue weighted by Gasteiger charge is -2.36. The largest absolute Gasteiger partial charge is 0.431 e. The fourth-order valence-corrected chi connectivity index (χ4v) is 4.88. The topological polar surface area (TPSA) is 49.6 Å². The minimum atomic E-state index is -0.225. The molecular weight excluding hydrogens is 437 g/mol. The Hall–Kier alpha value is -3.32. The van der Waals surface area contributed by atoms with E-state index < -0.39 is 0 Å². The Kier molecular flexibility index (Phi) is 6.05. The summed E-state index contributed by atoms with van der Waals surface area (Å²) >= 11 is 1.52. The highest BCUT2D eigenvalue weighted by atomic mass is 32.2. The van der Waals surface area contributed by atoms with E-state index in [9.17, 15) is 9.18 Å². The van der Waals surface area contributed by atoms with Gasteiger partial charge in [0.1, 0.15) is 11.3 Å². The number of piperazine rings is 1. The molecule has 0 aliphatic carbocycles. The molecule has 0 N–H and O–H groups in total. The number of oxazole rings is 1. The number of fused-ring (bicyclic) bond motifs is 1. The van der Waals surface area contributed by atoms with E-state index >= 15 is 0 Å². The minimum absolute atomic E-state index is 0.00696. The zero-order valence-electron chi connectivity index (χ0n) is 18.3. The van der Waals surface area contributed by atoms with E-state index in [0.717, 1.165) is 22.2 Å². The van der Waals surface area contributed by atoms with E-state index in [1.54, 1.807) is 12.1 Å². The first-order chi connectivity index (χ1) is 16.1. The van der Waals surface area contributed by atoms with E-state index in [-0.39, 0.29) is 11.7 Å². The van der Waals surface area contributed by atoms with Gasteiger partial charge >= 0.3 is 0 Å². The molecule has 3 aromatic carbocycles. The Labute approximate surface area is 196 Å². The lowest BCUT2D eigenvalue weighted by molar-refractivity contribution is 0.0746. The predicted octanol–water partition coefficient (Wildman–Crippen LogP) is 5.53. The quantitative estimate of drug-likeness (QED) is 0.366. The van der Waals surface area contributed by atoms with Gasteiger partial charge in [-0.2, -0.15) is 0 Å². The summed E-state index contributed by atoms with van der Waals surface area (Å²) in [6.07, 6.45) is 0. The van der Waals surface area contributed by atoms with Gasteiger partial charge in [-0.3, -0.25) is 4.79 Å². The van der Waals surface area contributed by atoms with Crippen molar-refractivity contribution in [2.75, 3.05) is 31.1 Å². The summed E-state index contributed by atoms with van der Waals surface area (Å²) in [5, 5.41) is 0.625. The average Bonchev–Trinajstić information content (AvgIpc) is 3.28. The molecule has 4 aromatic rings. The Morgan fingerprint density at radius 1 is 1.03 bits per heavy atom. The smallest absolute Gasteiger partial charge is 0.257 e. The fraction of sp³-hybridized carbons (Fsp3) is 0.231. The Balaban J connectivity index is 1.22. The van der Waals surface area contributed by atoms with Crippen LogP contribution < -0.4 is 4.90 Å². The fourth-order valence-electron chi connectivity index (χ4n) is 4.11. The summed E-state index contributed by atoms with van der Waals surface area (Å²) < 4.78 is 19.9. The minimum Gasteiger partial charge on any atom is -0.431 e. The van der Waals surface area contributed by atoms with Gasteiger partial charge in [0.05, 0.1) is 5.69 Å². The monoisotopic (exact) mass is 461 g/mol. The molecule has 1 aliphatic heterocycles. The first-order valence-corrected chi connectivity index (χ1v) is 11.9. The molecule has 7 heteroatoms. The molecule has 0 atom stereocenters. The van der Waals surface area contributed by atoms with Crippen molar-refractivity contribution in [3.8, 4) is 0 Å². The lowest BCUT2D eigenvalue weighted by atomic mass is 10.1. The summed E-state index contributed by atoms with van der Waals surface area (Å²) in [4.78, 5) is 21.5. The van der Waals surface area contributed by atoms with Crippen LogP contribution in [0.2, 0.25) is 0 Å². The van der Waals surface area contributed by atoms with Crippen LogP contribution in [0.5, 0.6) is 0 Å².